The Kier molecular flexibility index (Phi) is 3.72. The molecule has 27 heavy (non-hydrogen) atoms. The Balaban J connectivity index is 1.56. The highest BCUT2D eigenvalue weighted by Gasteiger charge is 2.19. The van der Waals surface area contributed by atoms with Gasteiger partial charge in [0.1, 0.15) is 5.76 Å². The van der Waals surface area contributed by atoms with E-state index in [0.717, 1.165) is 26.3 Å². The molecule has 1 N–H and O–H groups in total. The zero-order chi connectivity index (χ0) is 18.2. The molecule has 2 aromatic carbocycles. The Morgan fingerprint density at radius 2 is 1.93 bits per heavy atom. The number of aromatic nitrogens is 3. The summed E-state index contributed by atoms with van der Waals surface area (Å²) in [6.07, 6.45) is 1.58. The van der Waals surface area contributed by atoms with Gasteiger partial charge in [-0.15, -0.1) is 0 Å². The monoisotopic (exact) mass is 374 g/mol. The molecule has 5 aromatic rings. The number of para-hydroxylation sites is 2. The number of fused-ring (bicyclic) bond motifs is 2. The number of rotatable bonds is 4. The zero-order valence-electron chi connectivity index (χ0n) is 14.1. The van der Waals surface area contributed by atoms with Gasteiger partial charge in [-0.25, -0.2) is 9.67 Å². The van der Waals surface area contributed by atoms with Gasteiger partial charge in [0.15, 0.2) is 5.69 Å². The molecule has 0 radical (unpaired) electrons. The highest BCUT2D eigenvalue weighted by Crippen LogP contribution is 2.28. The second kappa shape index (κ2) is 6.37. The third-order valence-electron chi connectivity index (χ3n) is 4.27. The number of thiazole rings is 1. The third kappa shape index (κ3) is 2.78. The van der Waals surface area contributed by atoms with Crippen LogP contribution < -0.4 is 5.32 Å². The molecule has 0 saturated heterocycles. The lowest BCUT2D eigenvalue weighted by Gasteiger charge is -2.00. The Labute approximate surface area is 158 Å². The van der Waals surface area contributed by atoms with E-state index in [9.17, 15) is 4.79 Å². The molecule has 3 aromatic heterocycles. The van der Waals surface area contributed by atoms with Gasteiger partial charge in [0.25, 0.3) is 5.91 Å². The molecule has 7 heteroatoms. The first-order valence-corrected chi connectivity index (χ1v) is 9.25. The van der Waals surface area contributed by atoms with Crippen LogP contribution in [0.3, 0.4) is 0 Å². The molecule has 0 spiro atoms. The SMILES string of the molecule is O=C(NCc1ccco1)c1nn(-c2nc3ccccc3s2)c2ccccc12. The highest BCUT2D eigenvalue weighted by atomic mass is 32.1. The van der Waals surface area contributed by atoms with Gasteiger partial charge in [-0.3, -0.25) is 4.79 Å². The Morgan fingerprint density at radius 1 is 1.07 bits per heavy atom. The minimum atomic E-state index is -0.248. The van der Waals surface area contributed by atoms with E-state index in [1.54, 1.807) is 28.3 Å². The summed E-state index contributed by atoms with van der Waals surface area (Å²) in [6, 6.07) is 19.2. The average molecular weight is 374 g/mol. The van der Waals surface area contributed by atoms with E-state index in [4.69, 9.17) is 4.42 Å². The van der Waals surface area contributed by atoms with E-state index in [0.29, 0.717) is 18.0 Å². The first-order valence-electron chi connectivity index (χ1n) is 8.44. The summed E-state index contributed by atoms with van der Waals surface area (Å²) >= 11 is 1.54. The van der Waals surface area contributed by atoms with Gasteiger partial charge in [0.2, 0.25) is 5.13 Å². The molecular weight excluding hydrogens is 360 g/mol. The first kappa shape index (κ1) is 15.8. The lowest BCUT2D eigenvalue weighted by molar-refractivity contribution is 0.0944. The Morgan fingerprint density at radius 3 is 2.78 bits per heavy atom. The van der Waals surface area contributed by atoms with Crippen LogP contribution in [0.1, 0.15) is 16.2 Å². The third-order valence-corrected chi connectivity index (χ3v) is 5.28. The number of hydrogen-bond acceptors (Lipinski definition) is 5. The molecule has 0 aliphatic carbocycles. The standard InChI is InChI=1S/C20H14N4O2S/c25-19(21-12-13-6-5-11-26-13)18-14-7-1-3-9-16(14)24(23-18)20-22-15-8-2-4-10-17(15)27-20/h1-11H,12H2,(H,21,25). The van der Waals surface area contributed by atoms with Crippen molar-refractivity contribution in [3.05, 3.63) is 78.4 Å². The molecule has 6 nitrogen and oxygen atoms in total. The van der Waals surface area contributed by atoms with Crippen molar-refractivity contribution in [2.24, 2.45) is 0 Å². The number of nitrogens with one attached hydrogen (secondary N) is 1. The maximum Gasteiger partial charge on any atom is 0.272 e. The second-order valence-corrected chi connectivity index (χ2v) is 7.01. The maximum atomic E-state index is 12.7. The molecule has 0 atom stereocenters. The Hall–Kier alpha value is -3.45. The van der Waals surface area contributed by atoms with Crippen LogP contribution in [0.5, 0.6) is 0 Å². The molecule has 0 unspecified atom stereocenters. The minimum Gasteiger partial charge on any atom is -0.467 e. The lowest BCUT2D eigenvalue weighted by Crippen LogP contribution is -2.23. The van der Waals surface area contributed by atoms with Gasteiger partial charge < -0.3 is 9.73 Å². The number of hydrogen-bond donors (Lipinski definition) is 1. The van der Waals surface area contributed by atoms with E-state index >= 15 is 0 Å². The van der Waals surface area contributed by atoms with Crippen LogP contribution in [0.15, 0.2) is 71.3 Å². The predicted octanol–water partition coefficient (Wildman–Crippen LogP) is 4.16. The van der Waals surface area contributed by atoms with Gasteiger partial charge in [0, 0.05) is 5.39 Å². The topological polar surface area (TPSA) is 73.0 Å². The highest BCUT2D eigenvalue weighted by molar-refractivity contribution is 7.20. The Bertz CT molecular complexity index is 1220. The summed E-state index contributed by atoms with van der Waals surface area (Å²) in [5.41, 5.74) is 2.14. The van der Waals surface area contributed by atoms with Crippen LogP contribution in [0, 0.1) is 0 Å². The number of amides is 1. The van der Waals surface area contributed by atoms with Gasteiger partial charge >= 0.3 is 0 Å². The molecule has 0 bridgehead atoms. The summed E-state index contributed by atoms with van der Waals surface area (Å²) in [7, 11) is 0. The van der Waals surface area contributed by atoms with Crippen LogP contribution >= 0.6 is 11.3 Å². The molecule has 1 amide bonds. The molecule has 0 aliphatic heterocycles. The summed E-state index contributed by atoms with van der Waals surface area (Å²) in [5.74, 6) is 0.445. The largest absolute Gasteiger partial charge is 0.467 e. The normalized spacial score (nSPS) is 11.3. The number of carbonyl (C=O) groups is 1. The van der Waals surface area contributed by atoms with Crippen LogP contribution in [0.25, 0.3) is 26.3 Å². The van der Waals surface area contributed by atoms with Crippen LogP contribution in [-0.4, -0.2) is 20.7 Å². The zero-order valence-corrected chi connectivity index (χ0v) is 14.9. The van der Waals surface area contributed by atoms with Crippen LogP contribution in [0.4, 0.5) is 0 Å². The van der Waals surface area contributed by atoms with Crippen molar-refractivity contribution in [1.29, 1.82) is 0 Å². The molecule has 0 saturated carbocycles. The average Bonchev–Trinajstić information content (AvgIpc) is 3.43. The van der Waals surface area contributed by atoms with Gasteiger partial charge in [-0.05, 0) is 30.3 Å². The van der Waals surface area contributed by atoms with E-state index in [1.807, 2.05) is 54.6 Å². The molecule has 3 heterocycles. The summed E-state index contributed by atoms with van der Waals surface area (Å²) in [5, 5.41) is 8.96. The molecule has 132 valence electrons. The van der Waals surface area contributed by atoms with Crippen molar-refractivity contribution < 1.29 is 9.21 Å². The quantitative estimate of drug-likeness (QED) is 0.513. The summed E-state index contributed by atoms with van der Waals surface area (Å²) in [4.78, 5) is 17.4. The fourth-order valence-electron chi connectivity index (χ4n) is 2.99. The summed E-state index contributed by atoms with van der Waals surface area (Å²) < 4.78 is 8.08. The number of furan rings is 1. The number of nitrogens with zero attached hydrogens (tertiary/aromatic N) is 3. The van der Waals surface area contributed by atoms with Crippen LogP contribution in [0.2, 0.25) is 0 Å². The minimum absolute atomic E-state index is 0.248. The summed E-state index contributed by atoms with van der Waals surface area (Å²) in [6.45, 7) is 0.314. The van der Waals surface area contributed by atoms with Crippen molar-refractivity contribution in [1.82, 2.24) is 20.1 Å². The number of carbonyl (C=O) groups excluding carboxylic acids is 1. The molecule has 5 rings (SSSR count). The maximum absolute atomic E-state index is 12.7. The molecule has 0 aliphatic rings. The van der Waals surface area contributed by atoms with E-state index in [2.05, 4.69) is 15.4 Å². The van der Waals surface area contributed by atoms with Crippen molar-refractivity contribution >= 4 is 38.4 Å². The fourth-order valence-corrected chi connectivity index (χ4v) is 3.93. The van der Waals surface area contributed by atoms with Gasteiger partial charge in [0.05, 0.1) is 28.5 Å². The number of benzene rings is 2. The smallest absolute Gasteiger partial charge is 0.272 e. The molecular formula is C20H14N4O2S. The molecule has 0 fully saturated rings. The van der Waals surface area contributed by atoms with Crippen molar-refractivity contribution in [2.75, 3.05) is 0 Å². The van der Waals surface area contributed by atoms with Crippen LogP contribution in [-0.2, 0) is 6.54 Å². The van der Waals surface area contributed by atoms with E-state index in [1.165, 1.54) is 0 Å². The fraction of sp³-hybridized carbons (Fsp3) is 0.0500. The predicted molar refractivity (Wildman–Crippen MR) is 104 cm³/mol. The van der Waals surface area contributed by atoms with Gasteiger partial charge in [-0.1, -0.05) is 41.7 Å². The van der Waals surface area contributed by atoms with Crippen molar-refractivity contribution in [3.63, 3.8) is 0 Å². The second-order valence-electron chi connectivity index (χ2n) is 6.00. The van der Waals surface area contributed by atoms with Gasteiger partial charge in [-0.2, -0.15) is 5.10 Å². The van der Waals surface area contributed by atoms with Crippen molar-refractivity contribution in [3.8, 4) is 5.13 Å². The van der Waals surface area contributed by atoms with E-state index < -0.39 is 0 Å². The van der Waals surface area contributed by atoms with E-state index in [-0.39, 0.29) is 5.91 Å². The first-order chi connectivity index (χ1) is 13.3. The van der Waals surface area contributed by atoms with Crippen molar-refractivity contribution in [2.45, 2.75) is 6.54 Å². The lowest BCUT2D eigenvalue weighted by atomic mass is 10.2.